The van der Waals surface area contributed by atoms with Crippen LogP contribution in [0.3, 0.4) is 0 Å². The molecule has 0 atom stereocenters. The van der Waals surface area contributed by atoms with Gasteiger partial charge in [0.05, 0.1) is 6.61 Å². The van der Waals surface area contributed by atoms with Gasteiger partial charge in [-0.15, -0.1) is 0 Å². The van der Waals surface area contributed by atoms with Gasteiger partial charge in [-0.25, -0.2) is 4.79 Å². The first-order chi connectivity index (χ1) is 10.6. The molecule has 0 aliphatic carbocycles. The van der Waals surface area contributed by atoms with Crippen LogP contribution in [-0.4, -0.2) is 24.6 Å². The van der Waals surface area contributed by atoms with E-state index in [1.807, 2.05) is 62.4 Å². The van der Waals surface area contributed by atoms with E-state index in [0.717, 1.165) is 22.6 Å². The first-order valence-electron chi connectivity index (χ1n) is 7.39. The molecule has 22 heavy (non-hydrogen) atoms. The minimum Gasteiger partial charge on any atom is -0.494 e. The van der Waals surface area contributed by atoms with Gasteiger partial charge < -0.3 is 15.0 Å². The Balaban J connectivity index is 2.00. The second-order valence-electron chi connectivity index (χ2n) is 5.19. The van der Waals surface area contributed by atoms with E-state index in [-0.39, 0.29) is 6.03 Å². The zero-order valence-corrected chi connectivity index (χ0v) is 13.3. The van der Waals surface area contributed by atoms with Crippen LogP contribution in [0.4, 0.5) is 10.5 Å². The second kappa shape index (κ2) is 7.50. The summed E-state index contributed by atoms with van der Waals surface area (Å²) in [6.45, 7) is 5.10. The minimum absolute atomic E-state index is 0.143. The largest absolute Gasteiger partial charge is 0.494 e. The third kappa shape index (κ3) is 4.25. The summed E-state index contributed by atoms with van der Waals surface area (Å²) in [5.74, 6) is 0.797. The Morgan fingerprint density at radius 1 is 1.18 bits per heavy atom. The molecule has 2 aromatic carbocycles. The van der Waals surface area contributed by atoms with Crippen molar-refractivity contribution in [1.29, 1.82) is 0 Å². The predicted molar refractivity (Wildman–Crippen MR) is 89.3 cm³/mol. The molecule has 4 heteroatoms. The standard InChI is InChI=1S/C18H22N2O2/c1-4-22-17-12-16(11-10-14(17)2)19-18(21)20(3)13-15-8-6-5-7-9-15/h5-12H,4,13H2,1-3H3,(H,19,21). The number of nitrogens with one attached hydrogen (secondary N) is 1. The first kappa shape index (κ1) is 15.9. The molecule has 0 spiro atoms. The summed E-state index contributed by atoms with van der Waals surface area (Å²) in [4.78, 5) is 13.9. The molecule has 2 rings (SSSR count). The summed E-state index contributed by atoms with van der Waals surface area (Å²) in [6.07, 6.45) is 0. The molecule has 0 bridgehead atoms. The van der Waals surface area contributed by atoms with Gasteiger partial charge in [-0.1, -0.05) is 36.4 Å². The second-order valence-corrected chi connectivity index (χ2v) is 5.19. The lowest BCUT2D eigenvalue weighted by molar-refractivity contribution is 0.220. The first-order valence-corrected chi connectivity index (χ1v) is 7.39. The minimum atomic E-state index is -0.143. The van der Waals surface area contributed by atoms with Crippen molar-refractivity contribution in [2.24, 2.45) is 0 Å². The summed E-state index contributed by atoms with van der Waals surface area (Å²) in [5, 5.41) is 2.89. The van der Waals surface area contributed by atoms with E-state index in [1.54, 1.807) is 11.9 Å². The normalized spacial score (nSPS) is 10.1. The molecule has 1 N–H and O–H groups in total. The molecule has 0 saturated carbocycles. The number of nitrogens with zero attached hydrogens (tertiary/aromatic N) is 1. The maximum Gasteiger partial charge on any atom is 0.321 e. The highest BCUT2D eigenvalue weighted by atomic mass is 16.5. The van der Waals surface area contributed by atoms with Gasteiger partial charge in [-0.3, -0.25) is 0 Å². The molecule has 0 aliphatic heterocycles. The molecular formula is C18H22N2O2. The van der Waals surface area contributed by atoms with Crippen molar-refractivity contribution in [3.63, 3.8) is 0 Å². The Kier molecular flexibility index (Phi) is 5.42. The summed E-state index contributed by atoms with van der Waals surface area (Å²) in [7, 11) is 1.78. The van der Waals surface area contributed by atoms with Crippen LogP contribution in [0.5, 0.6) is 5.75 Å². The van der Waals surface area contributed by atoms with Gasteiger partial charge in [0, 0.05) is 25.3 Å². The molecular weight excluding hydrogens is 276 g/mol. The van der Waals surface area contributed by atoms with Crippen molar-refractivity contribution >= 4 is 11.7 Å². The van der Waals surface area contributed by atoms with Gasteiger partial charge >= 0.3 is 6.03 Å². The zero-order chi connectivity index (χ0) is 15.9. The monoisotopic (exact) mass is 298 g/mol. The van der Waals surface area contributed by atoms with Crippen LogP contribution >= 0.6 is 0 Å². The lowest BCUT2D eigenvalue weighted by atomic mass is 10.2. The number of rotatable bonds is 5. The lowest BCUT2D eigenvalue weighted by Crippen LogP contribution is -2.30. The van der Waals surface area contributed by atoms with Crippen molar-refractivity contribution in [2.45, 2.75) is 20.4 Å². The van der Waals surface area contributed by atoms with E-state index in [4.69, 9.17) is 4.74 Å². The third-order valence-corrected chi connectivity index (χ3v) is 3.35. The van der Waals surface area contributed by atoms with Crippen LogP contribution in [0.25, 0.3) is 0 Å². The van der Waals surface area contributed by atoms with E-state index < -0.39 is 0 Å². The van der Waals surface area contributed by atoms with Gasteiger partial charge in [-0.05, 0) is 31.0 Å². The Morgan fingerprint density at radius 2 is 1.91 bits per heavy atom. The Morgan fingerprint density at radius 3 is 2.59 bits per heavy atom. The number of benzene rings is 2. The predicted octanol–water partition coefficient (Wildman–Crippen LogP) is 4.06. The summed E-state index contributed by atoms with van der Waals surface area (Å²) < 4.78 is 5.55. The van der Waals surface area contributed by atoms with Crippen molar-refractivity contribution in [3.8, 4) is 5.75 Å². The number of anilines is 1. The molecule has 0 radical (unpaired) electrons. The van der Waals surface area contributed by atoms with E-state index in [1.165, 1.54) is 0 Å². The van der Waals surface area contributed by atoms with Crippen LogP contribution < -0.4 is 10.1 Å². The van der Waals surface area contributed by atoms with E-state index in [0.29, 0.717) is 13.2 Å². The van der Waals surface area contributed by atoms with Gasteiger partial charge in [0.25, 0.3) is 0 Å². The fourth-order valence-electron chi connectivity index (χ4n) is 2.14. The Hall–Kier alpha value is -2.49. The van der Waals surface area contributed by atoms with Crippen molar-refractivity contribution in [1.82, 2.24) is 4.90 Å². The summed E-state index contributed by atoms with van der Waals surface area (Å²) >= 11 is 0. The zero-order valence-electron chi connectivity index (χ0n) is 13.3. The average molecular weight is 298 g/mol. The lowest BCUT2D eigenvalue weighted by Gasteiger charge is -2.18. The van der Waals surface area contributed by atoms with Crippen LogP contribution in [0.1, 0.15) is 18.1 Å². The van der Waals surface area contributed by atoms with Crippen molar-refractivity contribution in [2.75, 3.05) is 19.0 Å². The quantitative estimate of drug-likeness (QED) is 0.904. The van der Waals surface area contributed by atoms with E-state index in [9.17, 15) is 4.79 Å². The number of hydrogen-bond acceptors (Lipinski definition) is 2. The Bertz CT molecular complexity index is 626. The molecule has 116 valence electrons. The van der Waals surface area contributed by atoms with E-state index in [2.05, 4.69) is 5.32 Å². The molecule has 0 unspecified atom stereocenters. The number of carbonyl (C=O) groups is 1. The van der Waals surface area contributed by atoms with Crippen molar-refractivity contribution in [3.05, 3.63) is 59.7 Å². The molecule has 0 heterocycles. The maximum atomic E-state index is 12.2. The van der Waals surface area contributed by atoms with Crippen LogP contribution in [0.15, 0.2) is 48.5 Å². The topological polar surface area (TPSA) is 41.6 Å². The highest BCUT2D eigenvalue weighted by Crippen LogP contribution is 2.23. The highest BCUT2D eigenvalue weighted by molar-refractivity contribution is 5.89. The van der Waals surface area contributed by atoms with Crippen LogP contribution in [0, 0.1) is 6.92 Å². The number of urea groups is 1. The molecule has 2 amide bonds. The molecule has 2 aromatic rings. The average Bonchev–Trinajstić information content (AvgIpc) is 2.52. The van der Waals surface area contributed by atoms with Crippen LogP contribution in [0.2, 0.25) is 0 Å². The van der Waals surface area contributed by atoms with Crippen LogP contribution in [-0.2, 0) is 6.54 Å². The number of aryl methyl sites for hydroxylation is 1. The SMILES string of the molecule is CCOc1cc(NC(=O)N(C)Cc2ccccc2)ccc1C. The number of hydrogen-bond donors (Lipinski definition) is 1. The van der Waals surface area contributed by atoms with Gasteiger partial charge in [-0.2, -0.15) is 0 Å². The number of ether oxygens (including phenoxy) is 1. The molecule has 0 aliphatic rings. The number of amides is 2. The maximum absolute atomic E-state index is 12.2. The highest BCUT2D eigenvalue weighted by Gasteiger charge is 2.10. The fraction of sp³-hybridized carbons (Fsp3) is 0.278. The fourth-order valence-corrected chi connectivity index (χ4v) is 2.14. The molecule has 4 nitrogen and oxygen atoms in total. The van der Waals surface area contributed by atoms with Crippen molar-refractivity contribution < 1.29 is 9.53 Å². The van der Waals surface area contributed by atoms with E-state index >= 15 is 0 Å². The van der Waals surface area contributed by atoms with Gasteiger partial charge in [0.2, 0.25) is 0 Å². The molecule has 0 aromatic heterocycles. The Labute approximate surface area is 131 Å². The smallest absolute Gasteiger partial charge is 0.321 e. The summed E-state index contributed by atoms with van der Waals surface area (Å²) in [5.41, 5.74) is 2.88. The van der Waals surface area contributed by atoms with Gasteiger partial charge in [0.15, 0.2) is 0 Å². The third-order valence-electron chi connectivity index (χ3n) is 3.35. The molecule has 0 fully saturated rings. The number of carbonyl (C=O) groups excluding carboxylic acids is 1. The van der Waals surface area contributed by atoms with Gasteiger partial charge in [0.1, 0.15) is 5.75 Å². The molecule has 0 saturated heterocycles. The summed E-state index contributed by atoms with van der Waals surface area (Å²) in [6, 6.07) is 15.4.